The number of hydrogen-bond donors (Lipinski definition) is 2. The van der Waals surface area contributed by atoms with Gasteiger partial charge in [-0.3, -0.25) is 19.1 Å². The number of carbonyl (C=O) groups is 2. The summed E-state index contributed by atoms with van der Waals surface area (Å²) in [5.74, 6) is -0.949. The fourth-order valence-corrected chi connectivity index (χ4v) is 5.31. The number of halogens is 1. The molecule has 1 aromatic carbocycles. The first-order chi connectivity index (χ1) is 14.9. The lowest BCUT2D eigenvalue weighted by atomic mass is 9.95. The molecule has 0 unspecified atom stereocenters. The van der Waals surface area contributed by atoms with Crippen LogP contribution in [0.15, 0.2) is 35.1 Å². The number of fused-ring (bicyclic) bond motifs is 1. The van der Waals surface area contributed by atoms with Gasteiger partial charge in [0.05, 0.1) is 16.9 Å². The van der Waals surface area contributed by atoms with Crippen LogP contribution in [-0.4, -0.2) is 27.1 Å². The molecule has 2 amide bonds. The average molecular weight is 459 g/mol. The van der Waals surface area contributed by atoms with Crippen LogP contribution in [0.2, 0.25) is 0 Å². The fraction of sp³-hybridized carbons (Fsp3) is 0.318. The summed E-state index contributed by atoms with van der Waals surface area (Å²) in [5, 5.41) is 6.07. The molecule has 0 aliphatic heterocycles. The summed E-state index contributed by atoms with van der Waals surface area (Å²) < 4.78 is 3.23. The minimum atomic E-state index is -0.393. The molecular weight excluding hydrogens is 436 g/mol. The number of alkyl halides is 1. The van der Waals surface area contributed by atoms with Crippen LogP contribution in [0.4, 0.5) is 10.7 Å². The number of carbonyl (C=O) groups excluding carboxylic acids is 2. The zero-order valence-electron chi connectivity index (χ0n) is 17.3. The molecule has 0 radical (unpaired) electrons. The third-order valence-corrected chi connectivity index (χ3v) is 7.02. The van der Waals surface area contributed by atoms with Crippen LogP contribution >= 0.6 is 22.9 Å². The molecule has 0 saturated carbocycles. The zero-order valence-corrected chi connectivity index (χ0v) is 18.9. The van der Waals surface area contributed by atoms with Crippen molar-refractivity contribution in [1.82, 2.24) is 9.36 Å². The number of nitrogens with zero attached hydrogens (tertiary/aromatic N) is 2. The number of para-hydroxylation sites is 1. The third-order valence-electron chi connectivity index (χ3n) is 5.57. The van der Waals surface area contributed by atoms with Gasteiger partial charge in [0.15, 0.2) is 0 Å². The highest BCUT2D eigenvalue weighted by Crippen LogP contribution is 2.38. The monoisotopic (exact) mass is 458 g/mol. The number of amides is 2. The van der Waals surface area contributed by atoms with E-state index in [0.717, 1.165) is 36.1 Å². The molecule has 3 aromatic rings. The number of rotatable bonds is 5. The Morgan fingerprint density at radius 3 is 2.55 bits per heavy atom. The van der Waals surface area contributed by atoms with E-state index >= 15 is 0 Å². The van der Waals surface area contributed by atoms with Gasteiger partial charge < -0.3 is 10.6 Å². The molecule has 162 valence electrons. The molecule has 2 N–H and O–H groups in total. The van der Waals surface area contributed by atoms with Crippen molar-refractivity contribution in [3.8, 4) is 5.69 Å². The molecular formula is C22H23ClN4O3S. The van der Waals surface area contributed by atoms with Crippen LogP contribution in [-0.2, 0) is 24.7 Å². The summed E-state index contributed by atoms with van der Waals surface area (Å²) >= 11 is 7.07. The normalized spacial score (nSPS) is 13.0. The molecule has 7 nitrogen and oxygen atoms in total. The summed E-state index contributed by atoms with van der Waals surface area (Å²) in [6, 6.07) is 9.25. The second kappa shape index (κ2) is 8.72. The second-order valence-corrected chi connectivity index (χ2v) is 8.86. The molecule has 0 bridgehead atoms. The number of thiophene rings is 1. The van der Waals surface area contributed by atoms with Gasteiger partial charge in [0, 0.05) is 11.9 Å². The first-order valence-electron chi connectivity index (χ1n) is 10.1. The first-order valence-corrected chi connectivity index (χ1v) is 11.4. The predicted octanol–water partition coefficient (Wildman–Crippen LogP) is 3.85. The highest BCUT2D eigenvalue weighted by Gasteiger charge is 2.28. The lowest BCUT2D eigenvalue weighted by Gasteiger charge is -2.13. The molecule has 0 saturated heterocycles. The highest BCUT2D eigenvalue weighted by molar-refractivity contribution is 7.17. The number of aromatic nitrogens is 2. The molecule has 2 heterocycles. The molecule has 1 aliphatic rings. The lowest BCUT2D eigenvalue weighted by Crippen LogP contribution is -2.24. The zero-order chi connectivity index (χ0) is 22.1. The highest BCUT2D eigenvalue weighted by atomic mass is 35.5. The topological polar surface area (TPSA) is 85.1 Å². The molecule has 1 aliphatic carbocycles. The Bertz CT molecular complexity index is 1210. The van der Waals surface area contributed by atoms with Crippen molar-refractivity contribution in [2.45, 2.75) is 32.6 Å². The SMILES string of the molecule is Cc1c(NC(=O)c2c(NC(=O)CCl)sc3c2CCCC3)c(=O)n(-c2ccccc2)n1C. The maximum Gasteiger partial charge on any atom is 0.295 e. The standard InChI is InChI=1S/C22H23ClN4O3S/c1-13-19(22(30)27(26(13)2)14-8-4-3-5-9-14)25-20(29)18-15-10-6-7-11-16(15)31-21(18)24-17(28)12-23/h3-5,8-9H,6-7,10-12H2,1-2H3,(H,24,28)(H,25,29). The van der Waals surface area contributed by atoms with Crippen LogP contribution in [0.1, 0.15) is 39.3 Å². The van der Waals surface area contributed by atoms with E-state index in [1.165, 1.54) is 16.0 Å². The summed E-state index contributed by atoms with van der Waals surface area (Å²) in [6.45, 7) is 1.79. The van der Waals surface area contributed by atoms with E-state index in [1.807, 2.05) is 30.3 Å². The average Bonchev–Trinajstić information content (AvgIpc) is 3.24. The Balaban J connectivity index is 1.74. The minimum absolute atomic E-state index is 0.191. The molecule has 0 atom stereocenters. The van der Waals surface area contributed by atoms with Gasteiger partial charge in [-0.2, -0.15) is 0 Å². The van der Waals surface area contributed by atoms with Crippen molar-refractivity contribution in [3.05, 3.63) is 62.4 Å². The quantitative estimate of drug-likeness (QED) is 0.569. The van der Waals surface area contributed by atoms with E-state index in [2.05, 4.69) is 10.6 Å². The van der Waals surface area contributed by atoms with Gasteiger partial charge in [-0.15, -0.1) is 22.9 Å². The van der Waals surface area contributed by atoms with Gasteiger partial charge in [0.1, 0.15) is 16.6 Å². The molecule has 31 heavy (non-hydrogen) atoms. The van der Waals surface area contributed by atoms with Gasteiger partial charge in [-0.1, -0.05) is 18.2 Å². The largest absolute Gasteiger partial charge is 0.316 e. The number of benzene rings is 1. The molecule has 9 heteroatoms. The van der Waals surface area contributed by atoms with Crippen LogP contribution in [0.25, 0.3) is 5.69 Å². The Hall–Kier alpha value is -2.84. The van der Waals surface area contributed by atoms with E-state index in [-0.39, 0.29) is 23.0 Å². The van der Waals surface area contributed by atoms with Crippen LogP contribution in [0.3, 0.4) is 0 Å². The molecule has 0 fully saturated rings. The molecule has 0 spiro atoms. The van der Waals surface area contributed by atoms with Gasteiger partial charge in [0.2, 0.25) is 5.91 Å². The van der Waals surface area contributed by atoms with Crippen molar-refractivity contribution in [2.75, 3.05) is 16.5 Å². The van der Waals surface area contributed by atoms with Gasteiger partial charge >= 0.3 is 0 Å². The van der Waals surface area contributed by atoms with E-state index in [9.17, 15) is 14.4 Å². The van der Waals surface area contributed by atoms with Crippen molar-refractivity contribution in [1.29, 1.82) is 0 Å². The fourth-order valence-electron chi connectivity index (χ4n) is 3.94. The summed E-state index contributed by atoms with van der Waals surface area (Å²) in [7, 11) is 1.78. The van der Waals surface area contributed by atoms with Crippen LogP contribution in [0, 0.1) is 6.92 Å². The van der Waals surface area contributed by atoms with Crippen LogP contribution in [0.5, 0.6) is 0 Å². The van der Waals surface area contributed by atoms with E-state index in [4.69, 9.17) is 11.6 Å². The Morgan fingerprint density at radius 1 is 1.13 bits per heavy atom. The molecule has 4 rings (SSSR count). The lowest BCUT2D eigenvalue weighted by molar-refractivity contribution is -0.113. The van der Waals surface area contributed by atoms with E-state index in [0.29, 0.717) is 21.9 Å². The van der Waals surface area contributed by atoms with E-state index < -0.39 is 5.91 Å². The number of hydrogen-bond acceptors (Lipinski definition) is 4. The third kappa shape index (κ3) is 3.93. The summed E-state index contributed by atoms with van der Waals surface area (Å²) in [5.41, 5.74) is 2.65. The van der Waals surface area contributed by atoms with Gasteiger partial charge in [-0.05, 0) is 50.3 Å². The van der Waals surface area contributed by atoms with Crippen molar-refractivity contribution in [2.24, 2.45) is 7.05 Å². The Kier molecular flexibility index (Phi) is 6.02. The Labute approximate surface area is 188 Å². The number of nitrogens with one attached hydrogen (secondary N) is 2. The smallest absolute Gasteiger partial charge is 0.295 e. The van der Waals surface area contributed by atoms with Crippen molar-refractivity contribution in [3.63, 3.8) is 0 Å². The maximum absolute atomic E-state index is 13.4. The second-order valence-electron chi connectivity index (χ2n) is 7.49. The number of aryl methyl sites for hydroxylation is 1. The van der Waals surface area contributed by atoms with Crippen LogP contribution < -0.4 is 16.2 Å². The summed E-state index contributed by atoms with van der Waals surface area (Å²) in [6.07, 6.45) is 3.69. The summed E-state index contributed by atoms with van der Waals surface area (Å²) in [4.78, 5) is 39.5. The van der Waals surface area contributed by atoms with Crippen molar-refractivity contribution >= 4 is 45.4 Å². The van der Waals surface area contributed by atoms with Gasteiger partial charge in [0.25, 0.3) is 11.5 Å². The van der Waals surface area contributed by atoms with Crippen molar-refractivity contribution < 1.29 is 9.59 Å². The predicted molar refractivity (Wildman–Crippen MR) is 124 cm³/mol. The number of anilines is 2. The molecule has 2 aromatic heterocycles. The van der Waals surface area contributed by atoms with E-state index in [1.54, 1.807) is 18.7 Å². The minimum Gasteiger partial charge on any atom is -0.316 e. The first kappa shape index (κ1) is 21.4. The van der Waals surface area contributed by atoms with Gasteiger partial charge in [-0.25, -0.2) is 4.68 Å². The Morgan fingerprint density at radius 2 is 1.84 bits per heavy atom. The maximum atomic E-state index is 13.4.